The largest absolute Gasteiger partial charge is 0.492 e. The van der Waals surface area contributed by atoms with E-state index < -0.39 is 15.9 Å². The van der Waals surface area contributed by atoms with E-state index in [1.165, 1.54) is 5.56 Å². The SMILES string of the molecule is CCOc1ccccc1NC(=O)CNS(=O)(=O)c1ccc2c(c1)CCCC2. The highest BCUT2D eigenvalue weighted by Crippen LogP contribution is 2.25. The van der Waals surface area contributed by atoms with Crippen LogP contribution in [0.5, 0.6) is 5.75 Å². The molecule has 0 aromatic heterocycles. The monoisotopic (exact) mass is 388 g/mol. The minimum atomic E-state index is -3.74. The maximum absolute atomic E-state index is 12.5. The smallest absolute Gasteiger partial charge is 0.241 e. The van der Waals surface area contributed by atoms with Crippen LogP contribution in [0.25, 0.3) is 0 Å². The maximum atomic E-state index is 12.5. The van der Waals surface area contributed by atoms with Crippen molar-refractivity contribution < 1.29 is 17.9 Å². The van der Waals surface area contributed by atoms with Gasteiger partial charge in [0, 0.05) is 0 Å². The third-order valence-corrected chi connectivity index (χ3v) is 5.91. The maximum Gasteiger partial charge on any atom is 0.241 e. The van der Waals surface area contributed by atoms with Gasteiger partial charge in [0.2, 0.25) is 15.9 Å². The number of hydrogen-bond acceptors (Lipinski definition) is 4. The Balaban J connectivity index is 1.64. The van der Waals surface area contributed by atoms with Gasteiger partial charge in [0.05, 0.1) is 23.7 Å². The van der Waals surface area contributed by atoms with Crippen LogP contribution in [-0.4, -0.2) is 27.5 Å². The van der Waals surface area contributed by atoms with Crippen LogP contribution in [0.4, 0.5) is 5.69 Å². The highest BCUT2D eigenvalue weighted by atomic mass is 32.2. The molecule has 2 aromatic rings. The van der Waals surface area contributed by atoms with Gasteiger partial charge >= 0.3 is 0 Å². The zero-order valence-electron chi connectivity index (χ0n) is 15.3. The molecule has 0 spiro atoms. The predicted octanol–water partition coefficient (Wildman–Crippen LogP) is 2.88. The van der Waals surface area contributed by atoms with Gasteiger partial charge in [-0.25, -0.2) is 13.1 Å². The number of para-hydroxylation sites is 2. The standard InChI is InChI=1S/C20H24N2O4S/c1-2-26-19-10-6-5-9-18(19)22-20(23)14-21-27(24,25)17-12-11-15-7-3-4-8-16(15)13-17/h5-6,9-13,21H,2-4,7-8,14H2,1H3,(H,22,23). The second-order valence-corrected chi connectivity index (χ2v) is 8.21. The molecule has 7 heteroatoms. The van der Waals surface area contributed by atoms with Crippen molar-refractivity contribution >= 4 is 21.6 Å². The molecule has 0 atom stereocenters. The summed E-state index contributed by atoms with van der Waals surface area (Å²) in [4.78, 5) is 12.4. The summed E-state index contributed by atoms with van der Waals surface area (Å²) in [5, 5.41) is 2.68. The summed E-state index contributed by atoms with van der Waals surface area (Å²) in [5.74, 6) is 0.0922. The zero-order chi connectivity index (χ0) is 19.3. The number of benzene rings is 2. The van der Waals surface area contributed by atoms with Crippen LogP contribution in [0, 0.1) is 0 Å². The fourth-order valence-electron chi connectivity index (χ4n) is 3.17. The van der Waals surface area contributed by atoms with Crippen LogP contribution < -0.4 is 14.8 Å². The molecule has 2 N–H and O–H groups in total. The van der Waals surface area contributed by atoms with Crippen LogP contribution >= 0.6 is 0 Å². The van der Waals surface area contributed by atoms with E-state index in [4.69, 9.17) is 4.74 Å². The van der Waals surface area contributed by atoms with Crippen LogP contribution in [-0.2, 0) is 27.7 Å². The lowest BCUT2D eigenvalue weighted by atomic mass is 9.92. The summed E-state index contributed by atoms with van der Waals surface area (Å²) in [7, 11) is -3.74. The zero-order valence-corrected chi connectivity index (χ0v) is 16.1. The van der Waals surface area contributed by atoms with Crippen LogP contribution in [0.15, 0.2) is 47.4 Å². The highest BCUT2D eigenvalue weighted by molar-refractivity contribution is 7.89. The van der Waals surface area contributed by atoms with Gasteiger partial charge in [-0.15, -0.1) is 0 Å². The Morgan fingerprint density at radius 2 is 1.81 bits per heavy atom. The molecule has 0 aliphatic heterocycles. The first-order chi connectivity index (χ1) is 13.0. The van der Waals surface area contributed by atoms with E-state index in [0.29, 0.717) is 18.0 Å². The van der Waals surface area contributed by atoms with E-state index in [1.54, 1.807) is 36.4 Å². The van der Waals surface area contributed by atoms with Gasteiger partial charge in [0.25, 0.3) is 0 Å². The number of aryl methyl sites for hydroxylation is 2. The first-order valence-electron chi connectivity index (χ1n) is 9.13. The van der Waals surface area contributed by atoms with Gasteiger partial charge in [0.1, 0.15) is 5.75 Å². The van der Waals surface area contributed by atoms with Crippen molar-refractivity contribution in [2.45, 2.75) is 37.5 Å². The fourth-order valence-corrected chi connectivity index (χ4v) is 4.20. The topological polar surface area (TPSA) is 84.5 Å². The number of fused-ring (bicyclic) bond motifs is 1. The van der Waals surface area contributed by atoms with Crippen molar-refractivity contribution in [1.82, 2.24) is 4.72 Å². The van der Waals surface area contributed by atoms with E-state index >= 15 is 0 Å². The van der Waals surface area contributed by atoms with Crippen LogP contribution in [0.3, 0.4) is 0 Å². The molecule has 0 unspecified atom stereocenters. The minimum Gasteiger partial charge on any atom is -0.492 e. The molecule has 0 bridgehead atoms. The van der Waals surface area contributed by atoms with Crippen molar-refractivity contribution in [2.24, 2.45) is 0 Å². The summed E-state index contributed by atoms with van der Waals surface area (Å²) in [5.41, 5.74) is 2.81. The number of nitrogens with one attached hydrogen (secondary N) is 2. The third kappa shape index (κ3) is 4.87. The molecule has 6 nitrogen and oxygen atoms in total. The highest BCUT2D eigenvalue weighted by Gasteiger charge is 2.19. The molecule has 144 valence electrons. The molecule has 0 saturated carbocycles. The Morgan fingerprint density at radius 3 is 2.59 bits per heavy atom. The average molecular weight is 388 g/mol. The summed E-state index contributed by atoms with van der Waals surface area (Å²) >= 11 is 0. The van der Waals surface area contributed by atoms with E-state index in [1.807, 2.05) is 13.0 Å². The molecular weight excluding hydrogens is 364 g/mol. The summed E-state index contributed by atoms with van der Waals surface area (Å²) in [6.07, 6.45) is 4.10. The first kappa shape index (κ1) is 19.4. The van der Waals surface area contributed by atoms with Gasteiger partial charge in [0.15, 0.2) is 0 Å². The van der Waals surface area contributed by atoms with Crippen LogP contribution in [0.1, 0.15) is 30.9 Å². The Bertz CT molecular complexity index is 925. The van der Waals surface area contributed by atoms with E-state index in [-0.39, 0.29) is 11.4 Å². The number of sulfonamides is 1. The lowest BCUT2D eigenvalue weighted by Gasteiger charge is -2.17. The first-order valence-corrected chi connectivity index (χ1v) is 10.6. The predicted molar refractivity (Wildman–Crippen MR) is 105 cm³/mol. The second kappa shape index (κ2) is 8.54. The molecular formula is C20H24N2O4S. The van der Waals surface area contributed by atoms with Crippen molar-refractivity contribution in [2.75, 3.05) is 18.5 Å². The van der Waals surface area contributed by atoms with Gasteiger partial charge in [-0.05, 0) is 68.0 Å². The number of hydrogen-bond donors (Lipinski definition) is 2. The number of anilines is 1. The molecule has 3 rings (SSSR count). The Hall–Kier alpha value is -2.38. The second-order valence-electron chi connectivity index (χ2n) is 6.44. The van der Waals surface area contributed by atoms with Crippen molar-refractivity contribution in [1.29, 1.82) is 0 Å². The van der Waals surface area contributed by atoms with E-state index in [0.717, 1.165) is 31.2 Å². The number of amides is 1. The Kier molecular flexibility index (Phi) is 6.13. The molecule has 1 amide bonds. The summed E-state index contributed by atoms with van der Waals surface area (Å²) < 4.78 is 32.9. The molecule has 1 aliphatic rings. The minimum absolute atomic E-state index is 0.200. The lowest BCUT2D eigenvalue weighted by Crippen LogP contribution is -2.33. The normalized spacial score (nSPS) is 13.7. The number of carbonyl (C=O) groups is 1. The van der Waals surface area contributed by atoms with E-state index in [2.05, 4.69) is 10.0 Å². The fraction of sp³-hybridized carbons (Fsp3) is 0.350. The molecule has 1 aliphatic carbocycles. The molecule has 0 saturated heterocycles. The molecule has 0 heterocycles. The Morgan fingerprint density at radius 1 is 1.07 bits per heavy atom. The number of carbonyl (C=O) groups excluding carboxylic acids is 1. The summed E-state index contributed by atoms with van der Waals surface area (Å²) in [6, 6.07) is 12.2. The van der Waals surface area contributed by atoms with Crippen LogP contribution in [0.2, 0.25) is 0 Å². The molecule has 0 fully saturated rings. The quantitative estimate of drug-likeness (QED) is 0.764. The van der Waals surface area contributed by atoms with E-state index in [9.17, 15) is 13.2 Å². The van der Waals surface area contributed by atoms with Crippen molar-refractivity contribution in [3.8, 4) is 5.75 Å². The molecule has 27 heavy (non-hydrogen) atoms. The third-order valence-electron chi connectivity index (χ3n) is 4.51. The van der Waals surface area contributed by atoms with Crippen molar-refractivity contribution in [3.63, 3.8) is 0 Å². The molecule has 0 radical (unpaired) electrons. The van der Waals surface area contributed by atoms with Gasteiger partial charge < -0.3 is 10.1 Å². The Labute approximate surface area is 160 Å². The lowest BCUT2D eigenvalue weighted by molar-refractivity contribution is -0.115. The molecule has 2 aromatic carbocycles. The van der Waals surface area contributed by atoms with Crippen molar-refractivity contribution in [3.05, 3.63) is 53.6 Å². The summed E-state index contributed by atoms with van der Waals surface area (Å²) in [6.45, 7) is 1.98. The van der Waals surface area contributed by atoms with Gasteiger partial charge in [-0.2, -0.15) is 0 Å². The van der Waals surface area contributed by atoms with Gasteiger partial charge in [-0.1, -0.05) is 18.2 Å². The average Bonchev–Trinajstić information content (AvgIpc) is 2.68. The number of rotatable bonds is 7. The van der Waals surface area contributed by atoms with Gasteiger partial charge in [-0.3, -0.25) is 4.79 Å². The number of ether oxygens (including phenoxy) is 1.